The average molecular weight is 324 g/mol. The minimum absolute atomic E-state index is 0.00473. The predicted octanol–water partition coefficient (Wildman–Crippen LogP) is 5.28. The van der Waals surface area contributed by atoms with Crippen LogP contribution in [-0.2, 0) is 6.18 Å². The first kappa shape index (κ1) is 14.7. The standard InChI is InChI=1S/C16H9ClF3NO/c17-15-11(8-12-13(21-15)5-2-6-14(12)22)9-3-1-4-10(7-9)16(18,19)20/h1-8,22H. The first-order valence-corrected chi connectivity index (χ1v) is 6.70. The highest BCUT2D eigenvalue weighted by molar-refractivity contribution is 6.32. The highest BCUT2D eigenvalue weighted by Crippen LogP contribution is 2.36. The third-order valence-electron chi connectivity index (χ3n) is 3.29. The predicted molar refractivity (Wildman–Crippen MR) is 78.9 cm³/mol. The van der Waals surface area contributed by atoms with Crippen LogP contribution in [0.1, 0.15) is 5.56 Å². The Morgan fingerprint density at radius 2 is 1.73 bits per heavy atom. The van der Waals surface area contributed by atoms with E-state index in [0.717, 1.165) is 12.1 Å². The maximum atomic E-state index is 12.8. The molecule has 0 spiro atoms. The summed E-state index contributed by atoms with van der Waals surface area (Å²) < 4.78 is 38.4. The largest absolute Gasteiger partial charge is 0.507 e. The first-order chi connectivity index (χ1) is 10.4. The average Bonchev–Trinajstić information content (AvgIpc) is 2.46. The van der Waals surface area contributed by atoms with Crippen LogP contribution in [0.15, 0.2) is 48.5 Å². The van der Waals surface area contributed by atoms with E-state index >= 15 is 0 Å². The Morgan fingerprint density at radius 3 is 2.45 bits per heavy atom. The van der Waals surface area contributed by atoms with Gasteiger partial charge in [0.05, 0.1) is 11.1 Å². The number of fused-ring (bicyclic) bond motifs is 1. The smallest absolute Gasteiger partial charge is 0.416 e. The molecule has 1 N–H and O–H groups in total. The van der Waals surface area contributed by atoms with E-state index < -0.39 is 11.7 Å². The molecule has 0 aliphatic carbocycles. The number of aromatic hydroxyl groups is 1. The van der Waals surface area contributed by atoms with Gasteiger partial charge in [0.25, 0.3) is 0 Å². The SMILES string of the molecule is Oc1cccc2nc(Cl)c(-c3cccc(C(F)(F)F)c3)cc12. The van der Waals surface area contributed by atoms with Crippen LogP contribution in [0.2, 0.25) is 5.15 Å². The van der Waals surface area contributed by atoms with Gasteiger partial charge in [0.2, 0.25) is 0 Å². The number of rotatable bonds is 1. The summed E-state index contributed by atoms with van der Waals surface area (Å²) in [7, 11) is 0. The molecule has 1 aromatic heterocycles. The van der Waals surface area contributed by atoms with Gasteiger partial charge in [-0.2, -0.15) is 13.2 Å². The first-order valence-electron chi connectivity index (χ1n) is 6.32. The Labute approximate surface area is 128 Å². The van der Waals surface area contributed by atoms with Crippen molar-refractivity contribution in [2.24, 2.45) is 0 Å². The van der Waals surface area contributed by atoms with Gasteiger partial charge in [0, 0.05) is 10.9 Å². The zero-order valence-corrected chi connectivity index (χ0v) is 11.8. The number of alkyl halides is 3. The van der Waals surface area contributed by atoms with E-state index in [-0.39, 0.29) is 16.5 Å². The lowest BCUT2D eigenvalue weighted by atomic mass is 10.0. The molecule has 0 amide bonds. The van der Waals surface area contributed by atoms with Crippen LogP contribution in [0.3, 0.4) is 0 Å². The molecule has 0 bridgehead atoms. The molecular formula is C16H9ClF3NO. The van der Waals surface area contributed by atoms with E-state index in [9.17, 15) is 18.3 Å². The third kappa shape index (κ3) is 2.60. The van der Waals surface area contributed by atoms with Gasteiger partial charge in [-0.05, 0) is 35.9 Å². The maximum absolute atomic E-state index is 12.8. The minimum atomic E-state index is -4.44. The van der Waals surface area contributed by atoms with Crippen LogP contribution in [-0.4, -0.2) is 10.1 Å². The molecule has 2 aromatic carbocycles. The molecule has 0 aliphatic heterocycles. The van der Waals surface area contributed by atoms with Crippen molar-refractivity contribution in [2.75, 3.05) is 0 Å². The zero-order valence-electron chi connectivity index (χ0n) is 11.0. The number of hydrogen-bond acceptors (Lipinski definition) is 2. The van der Waals surface area contributed by atoms with Gasteiger partial charge in [-0.1, -0.05) is 29.8 Å². The topological polar surface area (TPSA) is 33.1 Å². The molecule has 0 aliphatic rings. The van der Waals surface area contributed by atoms with Gasteiger partial charge < -0.3 is 5.11 Å². The second-order valence-corrected chi connectivity index (χ2v) is 5.11. The summed E-state index contributed by atoms with van der Waals surface area (Å²) in [6.45, 7) is 0. The fourth-order valence-corrected chi connectivity index (χ4v) is 2.48. The van der Waals surface area contributed by atoms with Crippen molar-refractivity contribution >= 4 is 22.5 Å². The maximum Gasteiger partial charge on any atom is 0.416 e. The van der Waals surface area contributed by atoms with Gasteiger partial charge >= 0.3 is 6.18 Å². The third-order valence-corrected chi connectivity index (χ3v) is 3.58. The lowest BCUT2D eigenvalue weighted by Gasteiger charge is -2.11. The number of phenols is 1. The summed E-state index contributed by atoms with van der Waals surface area (Å²) in [5.74, 6) is -0.00473. The number of aromatic nitrogens is 1. The molecule has 22 heavy (non-hydrogen) atoms. The summed E-state index contributed by atoms with van der Waals surface area (Å²) in [5.41, 5.74) is 0.332. The van der Waals surface area contributed by atoms with Gasteiger partial charge in [-0.25, -0.2) is 4.98 Å². The second kappa shape index (κ2) is 5.18. The van der Waals surface area contributed by atoms with Crippen LogP contribution >= 0.6 is 11.6 Å². The molecule has 0 atom stereocenters. The highest BCUT2D eigenvalue weighted by Gasteiger charge is 2.30. The van der Waals surface area contributed by atoms with Crippen LogP contribution in [0.4, 0.5) is 13.2 Å². The number of pyridine rings is 1. The number of halogens is 4. The molecule has 0 fully saturated rings. The summed E-state index contributed by atoms with van der Waals surface area (Å²) in [5, 5.41) is 10.4. The Balaban J connectivity index is 2.22. The molecule has 0 unspecified atom stereocenters. The summed E-state index contributed by atoms with van der Waals surface area (Å²) in [4.78, 5) is 4.13. The minimum Gasteiger partial charge on any atom is -0.507 e. The number of phenolic OH excluding ortho intramolecular Hbond substituents is 1. The van der Waals surface area contributed by atoms with Gasteiger partial charge in [-0.3, -0.25) is 0 Å². The molecule has 0 radical (unpaired) electrons. The summed E-state index contributed by atoms with van der Waals surface area (Å²) in [6.07, 6.45) is -4.44. The normalized spacial score (nSPS) is 11.8. The van der Waals surface area contributed by atoms with Gasteiger partial charge in [-0.15, -0.1) is 0 Å². The Kier molecular flexibility index (Phi) is 3.45. The van der Waals surface area contributed by atoms with Crippen molar-refractivity contribution in [3.8, 4) is 16.9 Å². The molecule has 3 aromatic rings. The van der Waals surface area contributed by atoms with E-state index in [1.54, 1.807) is 12.1 Å². The molecular weight excluding hydrogens is 315 g/mol. The fraction of sp³-hybridized carbons (Fsp3) is 0.0625. The number of nitrogens with zero attached hydrogens (tertiary/aromatic N) is 1. The van der Waals surface area contributed by atoms with Crippen molar-refractivity contribution in [1.29, 1.82) is 0 Å². The second-order valence-electron chi connectivity index (χ2n) is 4.75. The van der Waals surface area contributed by atoms with E-state index in [4.69, 9.17) is 11.6 Å². The van der Waals surface area contributed by atoms with Gasteiger partial charge in [0.15, 0.2) is 0 Å². The van der Waals surface area contributed by atoms with Crippen molar-refractivity contribution in [3.05, 3.63) is 59.2 Å². The van der Waals surface area contributed by atoms with E-state index in [2.05, 4.69) is 4.98 Å². The zero-order chi connectivity index (χ0) is 15.9. The lowest BCUT2D eigenvalue weighted by molar-refractivity contribution is -0.137. The Bertz CT molecular complexity index is 862. The summed E-state index contributed by atoms with van der Waals surface area (Å²) in [6, 6.07) is 11.1. The molecule has 2 nitrogen and oxygen atoms in total. The van der Waals surface area contributed by atoms with Crippen LogP contribution in [0.5, 0.6) is 5.75 Å². The lowest BCUT2D eigenvalue weighted by Crippen LogP contribution is -2.04. The molecule has 0 saturated heterocycles. The monoisotopic (exact) mass is 323 g/mol. The van der Waals surface area contributed by atoms with E-state index in [1.807, 2.05) is 0 Å². The van der Waals surface area contributed by atoms with Crippen LogP contribution < -0.4 is 0 Å². The molecule has 3 rings (SSSR count). The summed E-state index contributed by atoms with van der Waals surface area (Å²) >= 11 is 6.08. The fourth-order valence-electron chi connectivity index (χ4n) is 2.22. The molecule has 6 heteroatoms. The van der Waals surface area contributed by atoms with E-state index in [1.165, 1.54) is 24.3 Å². The number of benzene rings is 2. The molecule has 0 saturated carbocycles. The van der Waals surface area contributed by atoms with Crippen LogP contribution in [0, 0.1) is 0 Å². The number of hydrogen-bond donors (Lipinski definition) is 1. The van der Waals surface area contributed by atoms with Crippen molar-refractivity contribution < 1.29 is 18.3 Å². The van der Waals surface area contributed by atoms with E-state index in [0.29, 0.717) is 16.5 Å². The molecule has 1 heterocycles. The Hall–Kier alpha value is -2.27. The quantitative estimate of drug-likeness (QED) is 0.618. The van der Waals surface area contributed by atoms with Crippen molar-refractivity contribution in [1.82, 2.24) is 4.98 Å². The Morgan fingerprint density at radius 1 is 1.00 bits per heavy atom. The van der Waals surface area contributed by atoms with Crippen molar-refractivity contribution in [3.63, 3.8) is 0 Å². The molecule has 112 valence electrons. The van der Waals surface area contributed by atoms with Crippen LogP contribution in [0.25, 0.3) is 22.0 Å². The van der Waals surface area contributed by atoms with Gasteiger partial charge in [0.1, 0.15) is 10.9 Å². The van der Waals surface area contributed by atoms with Crippen molar-refractivity contribution in [2.45, 2.75) is 6.18 Å². The highest BCUT2D eigenvalue weighted by atomic mass is 35.5.